The lowest BCUT2D eigenvalue weighted by Crippen LogP contribution is -2.25. The molecule has 1 aliphatic carbocycles. The molecule has 1 saturated carbocycles. The number of rotatable bonds is 5. The van der Waals surface area contributed by atoms with Crippen LogP contribution in [0.4, 0.5) is 0 Å². The van der Waals surface area contributed by atoms with Gasteiger partial charge in [-0.2, -0.15) is 5.10 Å². The molecule has 3 aromatic rings. The zero-order valence-electron chi connectivity index (χ0n) is 16.2. The van der Waals surface area contributed by atoms with Crippen LogP contribution in [0.2, 0.25) is 0 Å². The number of amides is 1. The number of hydrogen-bond acceptors (Lipinski definition) is 4. The quantitative estimate of drug-likeness (QED) is 0.580. The highest BCUT2D eigenvalue weighted by Crippen LogP contribution is 2.42. The summed E-state index contributed by atoms with van der Waals surface area (Å²) in [7, 11) is 0. The van der Waals surface area contributed by atoms with Crippen LogP contribution in [0.15, 0.2) is 22.9 Å². The second kappa shape index (κ2) is 7.66. The molecule has 1 fully saturated rings. The maximum Gasteiger partial charge on any atom is 0.267 e. The summed E-state index contributed by atoms with van der Waals surface area (Å²) in [4.78, 5) is 25.0. The van der Waals surface area contributed by atoms with Crippen LogP contribution in [0.1, 0.15) is 67.3 Å². The van der Waals surface area contributed by atoms with Crippen molar-refractivity contribution < 1.29 is 4.79 Å². The maximum absolute atomic E-state index is 12.3. The van der Waals surface area contributed by atoms with Crippen LogP contribution < -0.4 is 5.73 Å². The van der Waals surface area contributed by atoms with Gasteiger partial charge >= 0.3 is 0 Å². The number of carbonyl (C=O) groups excluding carboxylic acids is 1. The van der Waals surface area contributed by atoms with E-state index in [1.807, 2.05) is 19.1 Å². The van der Waals surface area contributed by atoms with Gasteiger partial charge in [0.2, 0.25) is 0 Å². The van der Waals surface area contributed by atoms with Gasteiger partial charge in [0, 0.05) is 18.0 Å². The predicted octanol–water partition coefficient (Wildman–Crippen LogP) is 3.99. The summed E-state index contributed by atoms with van der Waals surface area (Å²) in [6, 6.07) is 3.86. The molecule has 1 atom stereocenters. The van der Waals surface area contributed by atoms with E-state index in [0.29, 0.717) is 23.8 Å². The lowest BCUT2D eigenvalue weighted by molar-refractivity contribution is 0.0988. The number of hydrogen-bond donors (Lipinski definition) is 2. The number of pyridine rings is 1. The molecule has 0 saturated heterocycles. The fourth-order valence-electron chi connectivity index (χ4n) is 4.42. The summed E-state index contributed by atoms with van der Waals surface area (Å²) in [5.74, 6) is 1.45. The second-order valence-corrected chi connectivity index (χ2v) is 8.57. The van der Waals surface area contributed by atoms with E-state index in [0.717, 1.165) is 40.3 Å². The molecule has 0 aliphatic heterocycles. The maximum atomic E-state index is 12.3. The average Bonchev–Trinajstić information content (AvgIpc) is 3.27. The molecule has 1 aliphatic rings. The number of carbonyl (C=O) groups is 1. The highest BCUT2D eigenvalue weighted by molar-refractivity contribution is 9.10. The normalized spacial score (nSPS) is 21.1. The Balaban J connectivity index is 1.84. The number of nitrogens with zero attached hydrogens (tertiary/aromatic N) is 4. The van der Waals surface area contributed by atoms with Crippen molar-refractivity contribution in [3.63, 3.8) is 0 Å². The van der Waals surface area contributed by atoms with Crippen molar-refractivity contribution in [2.24, 2.45) is 17.6 Å². The minimum atomic E-state index is -0.444. The number of halogens is 1. The van der Waals surface area contributed by atoms with Gasteiger partial charge in [-0.3, -0.25) is 9.48 Å². The zero-order valence-corrected chi connectivity index (χ0v) is 17.7. The Morgan fingerprint density at radius 2 is 2.07 bits per heavy atom. The second-order valence-electron chi connectivity index (χ2n) is 7.75. The number of fused-ring (bicyclic) bond motifs is 1. The van der Waals surface area contributed by atoms with Crippen molar-refractivity contribution in [3.8, 4) is 0 Å². The lowest BCUT2D eigenvalue weighted by Gasteiger charge is -2.31. The van der Waals surface area contributed by atoms with E-state index >= 15 is 0 Å². The molecular weight excluding hydrogens is 420 g/mol. The summed E-state index contributed by atoms with van der Waals surface area (Å²) in [6.07, 6.45) is 6.34. The van der Waals surface area contributed by atoms with Crippen molar-refractivity contribution in [1.82, 2.24) is 24.7 Å². The van der Waals surface area contributed by atoms with Crippen LogP contribution >= 0.6 is 15.9 Å². The van der Waals surface area contributed by atoms with Gasteiger partial charge in [0.25, 0.3) is 5.91 Å². The van der Waals surface area contributed by atoms with Crippen LogP contribution in [0, 0.1) is 11.8 Å². The summed E-state index contributed by atoms with van der Waals surface area (Å²) in [5, 5.41) is 4.43. The molecule has 3 aromatic heterocycles. The van der Waals surface area contributed by atoms with Gasteiger partial charge < -0.3 is 10.7 Å². The van der Waals surface area contributed by atoms with E-state index in [-0.39, 0.29) is 5.92 Å². The molecular formula is C20H25BrN6O. The monoisotopic (exact) mass is 444 g/mol. The van der Waals surface area contributed by atoms with Gasteiger partial charge in [-0.1, -0.05) is 19.8 Å². The molecule has 7 nitrogen and oxygen atoms in total. The SMILES string of the molecule is CCn1ncc([C@@H](c2nc3nc(Br)ccc3[nH]2)C2CCC(C)CC2)c1C(N)=O. The van der Waals surface area contributed by atoms with E-state index in [4.69, 9.17) is 10.7 Å². The fourth-order valence-corrected chi connectivity index (χ4v) is 4.72. The van der Waals surface area contributed by atoms with Gasteiger partial charge in [-0.05, 0) is 59.7 Å². The Morgan fingerprint density at radius 1 is 1.32 bits per heavy atom. The molecule has 0 bridgehead atoms. The fraction of sp³-hybridized carbons (Fsp3) is 0.500. The highest BCUT2D eigenvalue weighted by Gasteiger charge is 2.35. The topological polar surface area (TPSA) is 102 Å². The number of aromatic amines is 1. The van der Waals surface area contributed by atoms with E-state index in [1.165, 1.54) is 12.8 Å². The van der Waals surface area contributed by atoms with Gasteiger partial charge in [-0.15, -0.1) is 0 Å². The Bertz CT molecular complexity index is 1000. The first-order valence-corrected chi connectivity index (χ1v) is 10.6. The number of nitrogens with one attached hydrogen (secondary N) is 1. The van der Waals surface area contributed by atoms with Crippen molar-refractivity contribution in [2.45, 2.75) is 52.0 Å². The summed E-state index contributed by atoms with van der Waals surface area (Å²) < 4.78 is 2.44. The molecule has 3 heterocycles. The Morgan fingerprint density at radius 3 is 2.75 bits per heavy atom. The number of nitrogens with two attached hydrogens (primary N) is 1. The minimum absolute atomic E-state index is 0.0525. The predicted molar refractivity (Wildman–Crippen MR) is 111 cm³/mol. The van der Waals surface area contributed by atoms with Gasteiger partial charge in [0.05, 0.1) is 11.7 Å². The molecule has 0 unspecified atom stereocenters. The molecule has 0 aromatic carbocycles. The van der Waals surface area contributed by atoms with Crippen LogP contribution in [-0.4, -0.2) is 30.6 Å². The average molecular weight is 445 g/mol. The molecule has 0 radical (unpaired) electrons. The third-order valence-corrected chi connectivity index (χ3v) is 6.33. The van der Waals surface area contributed by atoms with Crippen molar-refractivity contribution in [1.29, 1.82) is 0 Å². The number of H-pyrrole nitrogens is 1. The number of aryl methyl sites for hydroxylation is 1. The molecule has 8 heteroatoms. The first-order valence-electron chi connectivity index (χ1n) is 9.85. The molecule has 0 spiro atoms. The van der Waals surface area contributed by atoms with Crippen molar-refractivity contribution in [3.05, 3.63) is 40.0 Å². The standard InChI is InChI=1S/C20H25BrN6O/c1-3-27-17(18(22)28)13(10-23-27)16(12-6-4-11(2)5-7-12)20-24-14-8-9-15(21)25-19(14)26-20/h8-12,16H,3-7H2,1-2H3,(H2,22,28)(H,24,25,26)/t11?,12?,16-/m0/s1. The first-order chi connectivity index (χ1) is 13.5. The van der Waals surface area contributed by atoms with E-state index in [2.05, 4.69) is 37.9 Å². The smallest absolute Gasteiger partial charge is 0.267 e. The van der Waals surface area contributed by atoms with Crippen molar-refractivity contribution in [2.75, 3.05) is 0 Å². The minimum Gasteiger partial charge on any atom is -0.364 e. The summed E-state index contributed by atoms with van der Waals surface area (Å²) >= 11 is 3.41. The Kier molecular flexibility index (Phi) is 5.23. The molecule has 3 N–H and O–H groups in total. The Labute approximate surface area is 172 Å². The van der Waals surface area contributed by atoms with Gasteiger partial charge in [0.1, 0.15) is 16.1 Å². The van der Waals surface area contributed by atoms with Crippen LogP contribution in [0.25, 0.3) is 11.2 Å². The van der Waals surface area contributed by atoms with Crippen LogP contribution in [-0.2, 0) is 6.54 Å². The van der Waals surface area contributed by atoms with Crippen LogP contribution in [0.5, 0.6) is 0 Å². The van der Waals surface area contributed by atoms with Gasteiger partial charge in [0.15, 0.2) is 5.65 Å². The first kappa shape index (κ1) is 19.1. The van der Waals surface area contributed by atoms with E-state index in [9.17, 15) is 4.79 Å². The van der Waals surface area contributed by atoms with Crippen molar-refractivity contribution >= 4 is 33.0 Å². The van der Waals surface area contributed by atoms with Gasteiger partial charge in [-0.25, -0.2) is 9.97 Å². The number of aromatic nitrogens is 5. The molecule has 4 rings (SSSR count). The summed E-state index contributed by atoms with van der Waals surface area (Å²) in [5.41, 5.74) is 8.66. The molecule has 1 amide bonds. The number of primary amides is 1. The van der Waals surface area contributed by atoms with Crippen LogP contribution in [0.3, 0.4) is 0 Å². The highest BCUT2D eigenvalue weighted by atomic mass is 79.9. The summed E-state index contributed by atoms with van der Waals surface area (Å²) in [6.45, 7) is 4.86. The lowest BCUT2D eigenvalue weighted by atomic mass is 9.73. The third-order valence-electron chi connectivity index (χ3n) is 5.89. The largest absolute Gasteiger partial charge is 0.364 e. The molecule has 148 valence electrons. The van der Waals surface area contributed by atoms with E-state index in [1.54, 1.807) is 10.9 Å². The Hall–Kier alpha value is -2.22. The number of imidazole rings is 1. The van der Waals surface area contributed by atoms with E-state index < -0.39 is 5.91 Å². The zero-order chi connectivity index (χ0) is 19.8. The molecule has 28 heavy (non-hydrogen) atoms. The third kappa shape index (κ3) is 3.45.